The molecule has 3 nitrogen and oxygen atoms in total. The molecular formula is C30H29Cl3N2O. The number of halogens is 3. The van der Waals surface area contributed by atoms with Crippen molar-refractivity contribution in [2.45, 2.75) is 51.0 Å². The van der Waals surface area contributed by atoms with E-state index in [0.29, 0.717) is 27.1 Å². The van der Waals surface area contributed by atoms with E-state index in [-0.39, 0.29) is 29.7 Å². The number of hydrogen-bond donors (Lipinski definition) is 1. The van der Waals surface area contributed by atoms with Crippen molar-refractivity contribution in [2.75, 3.05) is 0 Å². The second kappa shape index (κ2) is 11.3. The van der Waals surface area contributed by atoms with Gasteiger partial charge in [-0.15, -0.1) is 0 Å². The first kappa shape index (κ1) is 26.6. The summed E-state index contributed by atoms with van der Waals surface area (Å²) in [7, 11) is 0. The molecule has 2 aliphatic rings. The molecule has 1 heterocycles. The van der Waals surface area contributed by atoms with Gasteiger partial charge in [0.2, 0.25) is 5.91 Å². The molecule has 36 heavy (non-hydrogen) atoms. The molecule has 5 atom stereocenters. The Hall–Kier alpha value is -2.51. The van der Waals surface area contributed by atoms with Crippen LogP contribution < -0.4 is 5.32 Å². The largest absolute Gasteiger partial charge is 0.353 e. The van der Waals surface area contributed by atoms with Gasteiger partial charge in [-0.2, -0.15) is 5.26 Å². The zero-order valence-electron chi connectivity index (χ0n) is 20.3. The maximum atomic E-state index is 13.5. The van der Waals surface area contributed by atoms with E-state index < -0.39 is 5.41 Å². The van der Waals surface area contributed by atoms with Gasteiger partial charge >= 0.3 is 0 Å². The minimum Gasteiger partial charge on any atom is -0.353 e. The number of carbonyl (C=O) groups excluding carboxylic acids is 1. The highest BCUT2D eigenvalue weighted by atomic mass is 35.5. The Morgan fingerprint density at radius 2 is 1.86 bits per heavy atom. The van der Waals surface area contributed by atoms with E-state index in [9.17, 15) is 4.79 Å². The number of hydrogen-bond acceptors (Lipinski definition) is 2. The fraction of sp³-hybridized carbons (Fsp3) is 0.333. The van der Waals surface area contributed by atoms with Crippen LogP contribution in [-0.4, -0.2) is 11.9 Å². The van der Waals surface area contributed by atoms with Crippen LogP contribution in [0.1, 0.15) is 56.1 Å². The first-order valence-corrected chi connectivity index (χ1v) is 13.3. The number of carbonyl (C=O) groups is 1. The van der Waals surface area contributed by atoms with Gasteiger partial charge in [-0.1, -0.05) is 77.3 Å². The third kappa shape index (κ3) is 5.14. The van der Waals surface area contributed by atoms with Gasteiger partial charge in [0.1, 0.15) is 0 Å². The standard InChI is InChI=1S/C30H29Cl3N2O/c1-3-20(18-34)7-5-4-6-15-30-16-14-25(24-13-12-23(32)17-26(24)33)27(21-8-10-22(31)11-9-21)28(30)19(2)35-29(30)36/h3-13,17,19,25,27-28H,14-16H2,1-2H3,(H,35,36)/b6-4+,7-5-,20-3+/t19-,25+,27+,28+,30-/m1/s1. The number of nitrogens with zero attached hydrogens (tertiary/aromatic N) is 1. The maximum Gasteiger partial charge on any atom is 0.227 e. The van der Waals surface area contributed by atoms with E-state index in [4.69, 9.17) is 40.1 Å². The SMILES string of the molecule is C\C=C(C#N)/C=C\C=C\C[C@@]12CC[C@@H](c3ccc(Cl)cc3Cl)[C@H](c3ccc(Cl)cc3)[C@@H]1[C@@H](C)NC2=O. The maximum absolute atomic E-state index is 13.5. The summed E-state index contributed by atoms with van der Waals surface area (Å²) in [4.78, 5) is 13.5. The van der Waals surface area contributed by atoms with E-state index >= 15 is 0 Å². The Morgan fingerprint density at radius 1 is 1.14 bits per heavy atom. The molecule has 6 heteroatoms. The highest BCUT2D eigenvalue weighted by molar-refractivity contribution is 6.35. The average molecular weight is 540 g/mol. The first-order valence-electron chi connectivity index (χ1n) is 12.2. The van der Waals surface area contributed by atoms with Crippen molar-refractivity contribution in [1.82, 2.24) is 5.32 Å². The molecule has 2 fully saturated rings. The van der Waals surface area contributed by atoms with Crippen LogP contribution in [0.5, 0.6) is 0 Å². The topological polar surface area (TPSA) is 52.9 Å². The molecule has 0 bridgehead atoms. The zero-order valence-corrected chi connectivity index (χ0v) is 22.6. The smallest absolute Gasteiger partial charge is 0.227 e. The quantitative estimate of drug-likeness (QED) is 0.296. The lowest BCUT2D eigenvalue weighted by Gasteiger charge is -2.47. The molecule has 1 amide bonds. The van der Waals surface area contributed by atoms with E-state index in [2.05, 4.69) is 36.5 Å². The fourth-order valence-electron chi connectivity index (χ4n) is 6.17. The second-order valence-corrected chi connectivity index (χ2v) is 11.0. The minimum absolute atomic E-state index is 0.00390. The van der Waals surface area contributed by atoms with Crippen molar-refractivity contribution in [2.24, 2.45) is 11.3 Å². The van der Waals surface area contributed by atoms with Crippen LogP contribution in [0.25, 0.3) is 0 Å². The van der Waals surface area contributed by atoms with E-state index in [1.165, 1.54) is 0 Å². The second-order valence-electron chi connectivity index (χ2n) is 9.68. The number of nitrogens with one attached hydrogen (secondary N) is 1. The number of amides is 1. The summed E-state index contributed by atoms with van der Waals surface area (Å²) in [5.74, 6) is 0.386. The van der Waals surface area contributed by atoms with Gasteiger partial charge in [0.25, 0.3) is 0 Å². The number of allylic oxidation sites excluding steroid dienone is 6. The zero-order chi connectivity index (χ0) is 25.9. The molecule has 0 aromatic heterocycles. The Kier molecular flexibility index (Phi) is 8.30. The van der Waals surface area contributed by atoms with Crippen LogP contribution >= 0.6 is 34.8 Å². The molecule has 0 unspecified atom stereocenters. The molecule has 2 aromatic rings. The third-order valence-corrected chi connectivity index (χ3v) is 8.59. The van der Waals surface area contributed by atoms with Gasteiger partial charge in [-0.3, -0.25) is 4.79 Å². The lowest BCUT2D eigenvalue weighted by Crippen LogP contribution is -2.44. The number of benzene rings is 2. The lowest BCUT2D eigenvalue weighted by molar-refractivity contribution is -0.130. The fourth-order valence-corrected chi connectivity index (χ4v) is 6.84. The van der Waals surface area contributed by atoms with Crippen LogP contribution in [0.15, 0.2) is 78.4 Å². The number of nitriles is 1. The van der Waals surface area contributed by atoms with Gasteiger partial charge < -0.3 is 5.32 Å². The summed E-state index contributed by atoms with van der Waals surface area (Å²) < 4.78 is 0. The number of fused-ring (bicyclic) bond motifs is 1. The van der Waals surface area contributed by atoms with Crippen LogP contribution in [0, 0.1) is 22.7 Å². The Morgan fingerprint density at radius 3 is 2.53 bits per heavy atom. The van der Waals surface area contributed by atoms with Crippen molar-refractivity contribution in [3.8, 4) is 6.07 Å². The highest BCUT2D eigenvalue weighted by Crippen LogP contribution is 2.60. The van der Waals surface area contributed by atoms with E-state index in [0.717, 1.165) is 24.0 Å². The van der Waals surface area contributed by atoms with Crippen molar-refractivity contribution in [3.63, 3.8) is 0 Å². The molecule has 4 rings (SSSR count). The average Bonchev–Trinajstić information content (AvgIpc) is 3.11. The van der Waals surface area contributed by atoms with Gasteiger partial charge in [0, 0.05) is 32.6 Å². The van der Waals surface area contributed by atoms with Gasteiger partial charge in [-0.05, 0) is 86.4 Å². The Bertz CT molecular complexity index is 1260. The van der Waals surface area contributed by atoms with Gasteiger partial charge in [0.15, 0.2) is 0 Å². The predicted molar refractivity (Wildman–Crippen MR) is 148 cm³/mol. The normalized spacial score (nSPS) is 28.3. The lowest BCUT2D eigenvalue weighted by atomic mass is 9.54. The Balaban J connectivity index is 1.75. The molecule has 186 valence electrons. The summed E-state index contributed by atoms with van der Waals surface area (Å²) in [6, 6.07) is 15.9. The number of rotatable bonds is 6. The molecular weight excluding hydrogens is 511 g/mol. The van der Waals surface area contributed by atoms with E-state index in [1.807, 2.05) is 43.3 Å². The Labute approximate surface area is 228 Å². The van der Waals surface area contributed by atoms with Crippen LogP contribution in [-0.2, 0) is 4.79 Å². The van der Waals surface area contributed by atoms with Gasteiger partial charge in [0.05, 0.1) is 11.5 Å². The molecule has 1 saturated carbocycles. The summed E-state index contributed by atoms with van der Waals surface area (Å²) >= 11 is 19.2. The summed E-state index contributed by atoms with van der Waals surface area (Å²) in [5, 5.41) is 14.3. The van der Waals surface area contributed by atoms with Crippen LogP contribution in [0.3, 0.4) is 0 Å². The highest BCUT2D eigenvalue weighted by Gasteiger charge is 2.59. The van der Waals surface area contributed by atoms with Gasteiger partial charge in [-0.25, -0.2) is 0 Å². The summed E-state index contributed by atoms with van der Waals surface area (Å²) in [6.45, 7) is 3.94. The van der Waals surface area contributed by atoms with Crippen molar-refractivity contribution in [3.05, 3.63) is 105 Å². The predicted octanol–water partition coefficient (Wildman–Crippen LogP) is 8.40. The molecule has 1 N–H and O–H groups in total. The monoisotopic (exact) mass is 538 g/mol. The third-order valence-electron chi connectivity index (χ3n) is 7.77. The molecule has 0 spiro atoms. The van der Waals surface area contributed by atoms with E-state index in [1.54, 1.807) is 18.2 Å². The van der Waals surface area contributed by atoms with Crippen LogP contribution in [0.4, 0.5) is 0 Å². The summed E-state index contributed by atoms with van der Waals surface area (Å²) in [6.07, 6.45) is 11.6. The van der Waals surface area contributed by atoms with Crippen molar-refractivity contribution >= 4 is 40.7 Å². The van der Waals surface area contributed by atoms with Crippen LogP contribution in [0.2, 0.25) is 15.1 Å². The minimum atomic E-state index is -0.526. The molecule has 1 saturated heterocycles. The van der Waals surface area contributed by atoms with Crippen molar-refractivity contribution in [1.29, 1.82) is 5.26 Å². The summed E-state index contributed by atoms with van der Waals surface area (Å²) in [5.41, 5.74) is 2.30. The molecule has 1 aliphatic heterocycles. The molecule has 0 radical (unpaired) electrons. The molecule has 1 aliphatic carbocycles. The molecule has 2 aromatic carbocycles. The van der Waals surface area contributed by atoms with Crippen molar-refractivity contribution < 1.29 is 4.79 Å². The first-order chi connectivity index (χ1) is 17.3.